The Kier molecular flexibility index (Phi) is 5.52. The molecule has 2 amide bonds. The molecule has 1 fully saturated rings. The van der Waals surface area contributed by atoms with Crippen molar-refractivity contribution in [1.29, 1.82) is 0 Å². The van der Waals surface area contributed by atoms with Gasteiger partial charge in [-0.05, 0) is 48.7 Å². The molecule has 7 nitrogen and oxygen atoms in total. The van der Waals surface area contributed by atoms with Gasteiger partial charge in [-0.15, -0.1) is 0 Å². The van der Waals surface area contributed by atoms with Crippen molar-refractivity contribution in [2.45, 2.75) is 37.1 Å². The number of amides is 2. The number of carbonyl (C=O) groups excluding carboxylic acids is 2. The lowest BCUT2D eigenvalue weighted by molar-refractivity contribution is -0.122. The highest BCUT2D eigenvalue weighted by molar-refractivity contribution is 7.89. The van der Waals surface area contributed by atoms with Crippen LogP contribution in [-0.2, 0) is 26.0 Å². The predicted molar refractivity (Wildman–Crippen MR) is 110 cm³/mol. The second kappa shape index (κ2) is 8.01. The van der Waals surface area contributed by atoms with E-state index in [9.17, 15) is 26.8 Å². The van der Waals surface area contributed by atoms with E-state index >= 15 is 0 Å². The van der Waals surface area contributed by atoms with Crippen LogP contribution in [0.25, 0.3) is 0 Å². The van der Waals surface area contributed by atoms with Crippen LogP contribution in [0, 0.1) is 11.6 Å². The van der Waals surface area contributed by atoms with Crippen LogP contribution >= 0.6 is 0 Å². The van der Waals surface area contributed by atoms with E-state index in [4.69, 9.17) is 0 Å². The van der Waals surface area contributed by atoms with Crippen LogP contribution in [0.3, 0.4) is 0 Å². The summed E-state index contributed by atoms with van der Waals surface area (Å²) in [6.45, 7) is 2.23. The highest BCUT2D eigenvalue weighted by atomic mass is 32.2. The maximum Gasteiger partial charge on any atom is 0.247 e. The molecule has 0 aliphatic carbocycles. The molecular weight excluding hydrogens is 428 g/mol. The molecule has 1 saturated heterocycles. The van der Waals surface area contributed by atoms with Gasteiger partial charge in [0.25, 0.3) is 0 Å². The molecule has 0 spiro atoms. The summed E-state index contributed by atoms with van der Waals surface area (Å²) in [5.41, 5.74) is 0.769. The Labute approximate surface area is 178 Å². The van der Waals surface area contributed by atoms with E-state index in [2.05, 4.69) is 5.32 Å². The van der Waals surface area contributed by atoms with E-state index in [0.29, 0.717) is 30.4 Å². The average Bonchev–Trinajstić information content (AvgIpc) is 3.37. The molecule has 0 bridgehead atoms. The molecule has 1 N–H and O–H groups in total. The van der Waals surface area contributed by atoms with E-state index in [1.54, 1.807) is 0 Å². The number of anilines is 2. The van der Waals surface area contributed by atoms with Crippen LogP contribution in [0.2, 0.25) is 0 Å². The van der Waals surface area contributed by atoms with Crippen molar-refractivity contribution in [1.82, 2.24) is 4.31 Å². The standard InChI is InChI=1S/C21H21F2N3O4S/c1-13(27)26-19-7-5-16(31(29,30)25-8-2-3-9-25)10-14(19)11-20(26)21(28)24-18-6-4-15(22)12-17(18)23/h4-7,10,12,20H,2-3,8-9,11H2,1H3,(H,24,28)/t20-/m0/s1. The quantitative estimate of drug-likeness (QED) is 0.778. The Morgan fingerprint density at radius 3 is 2.42 bits per heavy atom. The van der Waals surface area contributed by atoms with E-state index in [-0.39, 0.29) is 17.0 Å². The summed E-state index contributed by atoms with van der Waals surface area (Å²) < 4.78 is 54.2. The molecule has 2 aromatic carbocycles. The van der Waals surface area contributed by atoms with Crippen LogP contribution < -0.4 is 10.2 Å². The zero-order chi connectivity index (χ0) is 22.3. The van der Waals surface area contributed by atoms with Crippen molar-refractivity contribution in [3.8, 4) is 0 Å². The minimum Gasteiger partial charge on any atom is -0.322 e. The Balaban J connectivity index is 1.62. The fourth-order valence-electron chi connectivity index (χ4n) is 4.07. The second-order valence-corrected chi connectivity index (χ2v) is 9.56. The van der Waals surface area contributed by atoms with E-state index in [0.717, 1.165) is 25.0 Å². The Bertz CT molecular complexity index is 1160. The molecule has 2 aliphatic heterocycles. The number of sulfonamides is 1. The Morgan fingerprint density at radius 1 is 1.06 bits per heavy atom. The molecule has 2 aromatic rings. The van der Waals surface area contributed by atoms with Gasteiger partial charge in [0.15, 0.2) is 0 Å². The highest BCUT2D eigenvalue weighted by Gasteiger charge is 2.38. The fourth-order valence-corrected chi connectivity index (χ4v) is 5.64. The normalized spacial score (nSPS) is 18.8. The largest absolute Gasteiger partial charge is 0.322 e. The molecule has 2 aliphatic rings. The van der Waals surface area contributed by atoms with Gasteiger partial charge in [0.05, 0.1) is 10.6 Å². The Morgan fingerprint density at radius 2 is 1.77 bits per heavy atom. The lowest BCUT2D eigenvalue weighted by atomic mass is 10.1. The molecule has 0 unspecified atom stereocenters. The van der Waals surface area contributed by atoms with Gasteiger partial charge in [-0.25, -0.2) is 17.2 Å². The zero-order valence-electron chi connectivity index (χ0n) is 16.8. The average molecular weight is 449 g/mol. The van der Waals surface area contributed by atoms with Gasteiger partial charge in [0.2, 0.25) is 21.8 Å². The van der Waals surface area contributed by atoms with Gasteiger partial charge in [-0.1, -0.05) is 0 Å². The molecule has 4 rings (SSSR count). The van der Waals surface area contributed by atoms with Gasteiger partial charge >= 0.3 is 0 Å². The summed E-state index contributed by atoms with van der Waals surface area (Å²) in [6, 6.07) is 6.22. The second-order valence-electron chi connectivity index (χ2n) is 7.62. The summed E-state index contributed by atoms with van der Waals surface area (Å²) in [4.78, 5) is 26.5. The number of fused-ring (bicyclic) bond motifs is 1. The molecule has 0 radical (unpaired) electrons. The third kappa shape index (κ3) is 3.92. The maximum atomic E-state index is 13.9. The third-order valence-corrected chi connectivity index (χ3v) is 7.46. The number of nitrogens with one attached hydrogen (secondary N) is 1. The number of hydrogen-bond donors (Lipinski definition) is 1. The monoisotopic (exact) mass is 449 g/mol. The van der Waals surface area contributed by atoms with Gasteiger partial charge in [0.1, 0.15) is 17.7 Å². The van der Waals surface area contributed by atoms with Crippen LogP contribution in [-0.4, -0.2) is 43.7 Å². The summed E-state index contributed by atoms with van der Waals surface area (Å²) in [5, 5.41) is 2.39. The minimum atomic E-state index is -3.65. The molecule has 2 heterocycles. The molecule has 1 atom stereocenters. The summed E-state index contributed by atoms with van der Waals surface area (Å²) >= 11 is 0. The van der Waals surface area contributed by atoms with Crippen molar-refractivity contribution in [2.75, 3.05) is 23.3 Å². The Hall–Kier alpha value is -2.85. The molecule has 10 heteroatoms. The fraction of sp³-hybridized carbons (Fsp3) is 0.333. The van der Waals surface area contributed by atoms with Crippen molar-refractivity contribution in [3.05, 3.63) is 53.6 Å². The number of benzene rings is 2. The van der Waals surface area contributed by atoms with Crippen LogP contribution in [0.4, 0.5) is 20.2 Å². The lowest BCUT2D eigenvalue weighted by Gasteiger charge is -2.23. The topological polar surface area (TPSA) is 86.8 Å². The van der Waals surface area contributed by atoms with Crippen LogP contribution in [0.15, 0.2) is 41.3 Å². The number of hydrogen-bond acceptors (Lipinski definition) is 4. The first-order chi connectivity index (χ1) is 14.7. The summed E-state index contributed by atoms with van der Waals surface area (Å²) in [6.07, 6.45) is 1.70. The molecule has 31 heavy (non-hydrogen) atoms. The maximum absolute atomic E-state index is 13.9. The summed E-state index contributed by atoms with van der Waals surface area (Å²) in [7, 11) is -3.65. The number of nitrogens with zero attached hydrogens (tertiary/aromatic N) is 2. The minimum absolute atomic E-state index is 0.0763. The van der Waals surface area contributed by atoms with Crippen LogP contribution in [0.5, 0.6) is 0 Å². The van der Waals surface area contributed by atoms with Gasteiger partial charge in [-0.3, -0.25) is 14.5 Å². The number of rotatable bonds is 4. The molecule has 0 aromatic heterocycles. The summed E-state index contributed by atoms with van der Waals surface area (Å²) in [5.74, 6) is -2.77. The van der Waals surface area contributed by atoms with Gasteiger partial charge in [0, 0.05) is 38.2 Å². The SMILES string of the molecule is CC(=O)N1c2ccc(S(=O)(=O)N3CCCC3)cc2C[C@H]1C(=O)Nc1ccc(F)cc1F. The third-order valence-electron chi connectivity index (χ3n) is 5.57. The number of carbonyl (C=O) groups is 2. The number of halogens is 2. The van der Waals surface area contributed by atoms with Crippen LogP contribution in [0.1, 0.15) is 25.3 Å². The predicted octanol–water partition coefficient (Wildman–Crippen LogP) is 2.67. The first kappa shape index (κ1) is 21.4. The molecule has 164 valence electrons. The van der Waals surface area contributed by atoms with E-state index in [1.807, 2.05) is 0 Å². The van der Waals surface area contributed by atoms with Crippen molar-refractivity contribution in [2.24, 2.45) is 0 Å². The van der Waals surface area contributed by atoms with Crippen molar-refractivity contribution < 1.29 is 26.8 Å². The first-order valence-electron chi connectivity index (χ1n) is 9.87. The molecular formula is C21H21F2N3O4S. The van der Waals surface area contributed by atoms with Gasteiger partial charge in [-0.2, -0.15) is 4.31 Å². The van der Waals surface area contributed by atoms with E-state index in [1.165, 1.54) is 34.3 Å². The highest BCUT2D eigenvalue weighted by Crippen LogP contribution is 2.35. The smallest absolute Gasteiger partial charge is 0.247 e. The molecule has 0 saturated carbocycles. The van der Waals surface area contributed by atoms with Gasteiger partial charge < -0.3 is 5.32 Å². The van der Waals surface area contributed by atoms with Crippen molar-refractivity contribution >= 4 is 33.2 Å². The van der Waals surface area contributed by atoms with E-state index < -0.39 is 39.5 Å². The van der Waals surface area contributed by atoms with Crippen molar-refractivity contribution in [3.63, 3.8) is 0 Å². The lowest BCUT2D eigenvalue weighted by Crippen LogP contribution is -2.44. The zero-order valence-corrected chi connectivity index (χ0v) is 17.6. The first-order valence-corrected chi connectivity index (χ1v) is 11.3.